The summed E-state index contributed by atoms with van der Waals surface area (Å²) in [5.41, 5.74) is 3.66. The molecule has 0 bridgehead atoms. The summed E-state index contributed by atoms with van der Waals surface area (Å²) in [5, 5.41) is 0. The molecular formula is C17H13BrN2O. The summed E-state index contributed by atoms with van der Waals surface area (Å²) in [5.74, 6) is -0.0484. The van der Waals surface area contributed by atoms with Crippen molar-refractivity contribution in [3.05, 3.63) is 70.5 Å². The second-order valence-electron chi connectivity index (χ2n) is 4.81. The van der Waals surface area contributed by atoms with Crippen LogP contribution in [0.25, 0.3) is 17.2 Å². The van der Waals surface area contributed by atoms with Gasteiger partial charge in [0.05, 0.1) is 21.8 Å². The minimum Gasteiger partial charge on any atom is -0.304 e. The van der Waals surface area contributed by atoms with Crippen molar-refractivity contribution in [2.24, 2.45) is 0 Å². The SMILES string of the molecule is Cc1ccc(C(=O)/C(Br)=C/n2cnc3ccccc32)cc1. The highest BCUT2D eigenvalue weighted by Crippen LogP contribution is 2.19. The van der Waals surface area contributed by atoms with Crippen molar-refractivity contribution in [1.82, 2.24) is 9.55 Å². The molecule has 2 aromatic carbocycles. The highest BCUT2D eigenvalue weighted by atomic mass is 79.9. The van der Waals surface area contributed by atoms with E-state index in [1.807, 2.05) is 60.0 Å². The van der Waals surface area contributed by atoms with Crippen LogP contribution in [0.2, 0.25) is 0 Å². The number of hydrogen-bond donors (Lipinski definition) is 0. The van der Waals surface area contributed by atoms with Gasteiger partial charge in [-0.25, -0.2) is 4.98 Å². The van der Waals surface area contributed by atoms with Crippen LogP contribution in [0.15, 0.2) is 59.3 Å². The third-order valence-electron chi connectivity index (χ3n) is 3.26. The Bertz CT molecular complexity index is 831. The van der Waals surface area contributed by atoms with Crippen molar-refractivity contribution in [3.63, 3.8) is 0 Å². The molecule has 0 aliphatic carbocycles. The van der Waals surface area contributed by atoms with Crippen LogP contribution in [0.5, 0.6) is 0 Å². The smallest absolute Gasteiger partial charge is 0.201 e. The van der Waals surface area contributed by atoms with Gasteiger partial charge in [-0.3, -0.25) is 4.79 Å². The Labute approximate surface area is 131 Å². The summed E-state index contributed by atoms with van der Waals surface area (Å²) in [6.07, 6.45) is 3.45. The van der Waals surface area contributed by atoms with Crippen molar-refractivity contribution >= 4 is 38.9 Å². The van der Waals surface area contributed by atoms with Gasteiger partial charge in [0.25, 0.3) is 0 Å². The van der Waals surface area contributed by atoms with Gasteiger partial charge >= 0.3 is 0 Å². The van der Waals surface area contributed by atoms with Crippen molar-refractivity contribution in [2.75, 3.05) is 0 Å². The minimum atomic E-state index is -0.0484. The number of carbonyl (C=O) groups excluding carboxylic acids is 1. The Morgan fingerprint density at radius 3 is 2.62 bits per heavy atom. The topological polar surface area (TPSA) is 34.9 Å². The number of rotatable bonds is 3. The molecule has 0 aliphatic rings. The normalized spacial score (nSPS) is 11.8. The van der Waals surface area contributed by atoms with E-state index in [-0.39, 0.29) is 5.78 Å². The lowest BCUT2D eigenvalue weighted by atomic mass is 10.1. The molecule has 3 rings (SSSR count). The van der Waals surface area contributed by atoms with Crippen LogP contribution in [0.4, 0.5) is 0 Å². The van der Waals surface area contributed by atoms with Crippen LogP contribution in [-0.4, -0.2) is 15.3 Å². The van der Waals surface area contributed by atoms with E-state index >= 15 is 0 Å². The molecule has 1 heterocycles. The Morgan fingerprint density at radius 2 is 1.86 bits per heavy atom. The maximum atomic E-state index is 12.4. The third-order valence-corrected chi connectivity index (χ3v) is 3.83. The fraction of sp³-hybridized carbons (Fsp3) is 0.0588. The number of benzene rings is 2. The van der Waals surface area contributed by atoms with E-state index in [1.165, 1.54) is 0 Å². The van der Waals surface area contributed by atoms with Crippen molar-refractivity contribution in [2.45, 2.75) is 6.92 Å². The second-order valence-corrected chi connectivity index (χ2v) is 5.67. The highest BCUT2D eigenvalue weighted by molar-refractivity contribution is 9.12. The van der Waals surface area contributed by atoms with Crippen molar-refractivity contribution in [1.29, 1.82) is 0 Å². The van der Waals surface area contributed by atoms with Gasteiger partial charge in [0.2, 0.25) is 5.78 Å². The second kappa shape index (κ2) is 5.66. The quantitative estimate of drug-likeness (QED) is 0.522. The van der Waals surface area contributed by atoms with E-state index in [0.717, 1.165) is 16.6 Å². The van der Waals surface area contributed by atoms with Crippen LogP contribution >= 0.6 is 15.9 Å². The lowest BCUT2D eigenvalue weighted by Gasteiger charge is -2.02. The number of allylic oxidation sites excluding steroid dienone is 1. The van der Waals surface area contributed by atoms with E-state index in [0.29, 0.717) is 10.0 Å². The first-order valence-electron chi connectivity index (χ1n) is 6.55. The fourth-order valence-electron chi connectivity index (χ4n) is 2.10. The molecule has 21 heavy (non-hydrogen) atoms. The van der Waals surface area contributed by atoms with Gasteiger partial charge in [0.15, 0.2) is 0 Å². The van der Waals surface area contributed by atoms with Gasteiger partial charge < -0.3 is 4.57 Å². The van der Waals surface area contributed by atoms with Crippen LogP contribution < -0.4 is 0 Å². The monoisotopic (exact) mass is 340 g/mol. The number of aromatic nitrogens is 2. The van der Waals surface area contributed by atoms with E-state index in [2.05, 4.69) is 20.9 Å². The number of fused-ring (bicyclic) bond motifs is 1. The van der Waals surface area contributed by atoms with Gasteiger partial charge in [-0.1, -0.05) is 42.0 Å². The van der Waals surface area contributed by atoms with Crippen LogP contribution in [-0.2, 0) is 0 Å². The molecule has 104 valence electrons. The number of ketones is 1. The third kappa shape index (κ3) is 2.81. The Kier molecular flexibility index (Phi) is 3.71. The fourth-order valence-corrected chi connectivity index (χ4v) is 2.55. The average Bonchev–Trinajstić information content (AvgIpc) is 2.91. The molecule has 0 amide bonds. The van der Waals surface area contributed by atoms with Crippen LogP contribution in [0, 0.1) is 6.92 Å². The zero-order chi connectivity index (χ0) is 14.8. The van der Waals surface area contributed by atoms with E-state index in [9.17, 15) is 4.79 Å². The van der Waals surface area contributed by atoms with Crippen molar-refractivity contribution in [3.8, 4) is 0 Å². The molecule has 0 saturated heterocycles. The Morgan fingerprint density at radius 1 is 1.14 bits per heavy atom. The van der Waals surface area contributed by atoms with E-state index in [4.69, 9.17) is 0 Å². The van der Waals surface area contributed by atoms with Gasteiger partial charge in [0, 0.05) is 11.8 Å². The van der Waals surface area contributed by atoms with Crippen LogP contribution in [0.1, 0.15) is 15.9 Å². The summed E-state index contributed by atoms with van der Waals surface area (Å²) in [7, 11) is 0. The van der Waals surface area contributed by atoms with Gasteiger partial charge in [-0.05, 0) is 35.0 Å². The molecule has 3 nitrogen and oxygen atoms in total. The summed E-state index contributed by atoms with van der Waals surface area (Å²) in [6.45, 7) is 2.00. The zero-order valence-electron chi connectivity index (χ0n) is 11.5. The molecule has 0 N–H and O–H groups in total. The summed E-state index contributed by atoms with van der Waals surface area (Å²) < 4.78 is 2.33. The molecule has 0 spiro atoms. The van der Waals surface area contributed by atoms with E-state index in [1.54, 1.807) is 12.5 Å². The first-order valence-corrected chi connectivity index (χ1v) is 7.35. The number of para-hydroxylation sites is 2. The van der Waals surface area contributed by atoms with Crippen molar-refractivity contribution < 1.29 is 4.79 Å². The molecule has 3 aromatic rings. The standard InChI is InChI=1S/C17H13BrN2O/c1-12-6-8-13(9-7-12)17(21)14(18)10-20-11-19-15-4-2-3-5-16(15)20/h2-11H,1H3/b14-10-. The summed E-state index contributed by atoms with van der Waals surface area (Å²) >= 11 is 3.37. The minimum absolute atomic E-state index is 0.0484. The molecule has 0 fully saturated rings. The van der Waals surface area contributed by atoms with Gasteiger partial charge in [-0.15, -0.1) is 0 Å². The average molecular weight is 341 g/mol. The molecule has 0 aliphatic heterocycles. The maximum Gasteiger partial charge on any atom is 0.201 e. The number of aryl methyl sites for hydroxylation is 1. The Hall–Kier alpha value is -2.20. The zero-order valence-corrected chi connectivity index (χ0v) is 13.0. The molecule has 1 aromatic heterocycles. The lowest BCUT2D eigenvalue weighted by Crippen LogP contribution is -2.00. The molecular weight excluding hydrogens is 328 g/mol. The number of halogens is 1. The molecule has 0 atom stereocenters. The molecule has 4 heteroatoms. The maximum absolute atomic E-state index is 12.4. The molecule has 0 radical (unpaired) electrons. The summed E-state index contributed by atoms with van der Waals surface area (Å²) in [4.78, 5) is 16.7. The largest absolute Gasteiger partial charge is 0.304 e. The lowest BCUT2D eigenvalue weighted by molar-refractivity contribution is 0.104. The predicted octanol–water partition coefficient (Wildman–Crippen LogP) is 4.42. The number of imidazole rings is 1. The number of Topliss-reactive ketones (excluding diaryl/α,β-unsaturated/α-hetero) is 1. The first kappa shape index (κ1) is 13.8. The predicted molar refractivity (Wildman–Crippen MR) is 88.4 cm³/mol. The highest BCUT2D eigenvalue weighted by Gasteiger charge is 2.10. The number of hydrogen-bond acceptors (Lipinski definition) is 2. The van der Waals surface area contributed by atoms with Crippen LogP contribution in [0.3, 0.4) is 0 Å². The molecule has 0 unspecified atom stereocenters. The number of carbonyl (C=O) groups is 1. The van der Waals surface area contributed by atoms with E-state index < -0.39 is 0 Å². The number of nitrogens with zero attached hydrogens (tertiary/aromatic N) is 2. The Balaban J connectivity index is 1.95. The summed E-state index contributed by atoms with van der Waals surface area (Å²) in [6, 6.07) is 15.3. The van der Waals surface area contributed by atoms with Gasteiger partial charge in [-0.2, -0.15) is 0 Å². The molecule has 0 saturated carbocycles. The first-order chi connectivity index (χ1) is 10.1. The van der Waals surface area contributed by atoms with Gasteiger partial charge in [0.1, 0.15) is 0 Å².